The minimum Gasteiger partial charge on any atom is -0.342 e. The molecule has 0 unspecified atom stereocenters. The Balaban J connectivity index is 1.41. The molecule has 3 heterocycles. The average molecular weight is 402 g/mol. The number of aryl methyl sites for hydroxylation is 1. The number of fused-ring (bicyclic) bond motifs is 1. The van der Waals surface area contributed by atoms with Crippen LogP contribution in [0.2, 0.25) is 0 Å². The van der Waals surface area contributed by atoms with E-state index in [4.69, 9.17) is 0 Å². The van der Waals surface area contributed by atoms with Gasteiger partial charge in [0.15, 0.2) is 0 Å². The summed E-state index contributed by atoms with van der Waals surface area (Å²) in [5, 5.41) is 0. The van der Waals surface area contributed by atoms with Gasteiger partial charge in [-0.25, -0.2) is 9.97 Å². The SMILES string of the molecule is Cc1ncc(C(=O)N2C[C@@H]3CN(C(=O)C4CC=CC4)C[C@@H]3[C@H]2c2ccccc2)cn1. The lowest BCUT2D eigenvalue weighted by molar-refractivity contribution is -0.134. The van der Waals surface area contributed by atoms with Crippen molar-refractivity contribution in [2.75, 3.05) is 19.6 Å². The molecule has 1 aliphatic carbocycles. The highest BCUT2D eigenvalue weighted by molar-refractivity contribution is 5.94. The van der Waals surface area contributed by atoms with E-state index in [2.05, 4.69) is 34.3 Å². The third-order valence-electron chi connectivity index (χ3n) is 6.76. The molecule has 6 heteroatoms. The fourth-order valence-electron chi connectivity index (χ4n) is 5.26. The van der Waals surface area contributed by atoms with Crippen LogP contribution in [-0.2, 0) is 4.79 Å². The Morgan fingerprint density at radius 3 is 2.37 bits per heavy atom. The van der Waals surface area contributed by atoms with Gasteiger partial charge >= 0.3 is 0 Å². The van der Waals surface area contributed by atoms with Crippen molar-refractivity contribution in [2.45, 2.75) is 25.8 Å². The Bertz CT molecular complexity index is 964. The summed E-state index contributed by atoms with van der Waals surface area (Å²) in [5.74, 6) is 1.54. The summed E-state index contributed by atoms with van der Waals surface area (Å²) in [7, 11) is 0. The van der Waals surface area contributed by atoms with Gasteiger partial charge in [-0.05, 0) is 25.3 Å². The molecule has 2 saturated heterocycles. The van der Waals surface area contributed by atoms with Crippen molar-refractivity contribution in [3.8, 4) is 0 Å². The Kier molecular flexibility index (Phi) is 4.85. The number of rotatable bonds is 3. The van der Waals surface area contributed by atoms with Gasteiger partial charge in [-0.2, -0.15) is 0 Å². The highest BCUT2D eigenvalue weighted by atomic mass is 16.2. The van der Waals surface area contributed by atoms with E-state index in [1.54, 1.807) is 12.4 Å². The lowest BCUT2D eigenvalue weighted by Gasteiger charge is -2.30. The van der Waals surface area contributed by atoms with Crippen molar-refractivity contribution < 1.29 is 9.59 Å². The van der Waals surface area contributed by atoms with Crippen LogP contribution in [0.5, 0.6) is 0 Å². The fraction of sp³-hybridized carbons (Fsp3) is 0.417. The van der Waals surface area contributed by atoms with Crippen LogP contribution in [0, 0.1) is 24.7 Å². The maximum atomic E-state index is 13.4. The van der Waals surface area contributed by atoms with Crippen LogP contribution in [0.1, 0.15) is 40.6 Å². The van der Waals surface area contributed by atoms with E-state index in [9.17, 15) is 9.59 Å². The Morgan fingerprint density at radius 2 is 1.67 bits per heavy atom. The number of carbonyl (C=O) groups excluding carboxylic acids is 2. The summed E-state index contributed by atoms with van der Waals surface area (Å²) in [6.45, 7) is 3.92. The maximum absolute atomic E-state index is 13.4. The molecule has 0 radical (unpaired) electrons. The summed E-state index contributed by atoms with van der Waals surface area (Å²) in [6.07, 6.45) is 9.15. The second-order valence-corrected chi connectivity index (χ2v) is 8.64. The van der Waals surface area contributed by atoms with Gasteiger partial charge in [0.25, 0.3) is 5.91 Å². The molecule has 2 aromatic rings. The van der Waals surface area contributed by atoms with Gasteiger partial charge in [-0.3, -0.25) is 9.59 Å². The summed E-state index contributed by atoms with van der Waals surface area (Å²) in [6, 6.07) is 10.2. The van der Waals surface area contributed by atoms with Gasteiger partial charge in [-0.15, -0.1) is 0 Å². The average Bonchev–Trinajstić information content (AvgIpc) is 3.50. The molecule has 2 amide bonds. The van der Waals surface area contributed by atoms with Crippen LogP contribution in [0.15, 0.2) is 54.9 Å². The summed E-state index contributed by atoms with van der Waals surface area (Å²) in [5.41, 5.74) is 1.65. The number of benzene rings is 1. The van der Waals surface area contributed by atoms with E-state index in [-0.39, 0.29) is 29.7 Å². The summed E-state index contributed by atoms with van der Waals surface area (Å²) >= 11 is 0. The predicted molar refractivity (Wildman–Crippen MR) is 112 cm³/mol. The molecule has 1 aromatic heterocycles. The highest BCUT2D eigenvalue weighted by Gasteiger charge is 2.50. The third kappa shape index (κ3) is 3.30. The number of hydrogen-bond donors (Lipinski definition) is 0. The maximum Gasteiger partial charge on any atom is 0.257 e. The molecule has 0 saturated carbocycles. The van der Waals surface area contributed by atoms with Crippen molar-refractivity contribution >= 4 is 11.8 Å². The second-order valence-electron chi connectivity index (χ2n) is 8.64. The van der Waals surface area contributed by atoms with Gasteiger partial charge < -0.3 is 9.80 Å². The first-order chi connectivity index (χ1) is 14.6. The van der Waals surface area contributed by atoms with Crippen molar-refractivity contribution in [1.29, 1.82) is 0 Å². The lowest BCUT2D eigenvalue weighted by atomic mass is 9.89. The van der Waals surface area contributed by atoms with Gasteiger partial charge in [0.05, 0.1) is 11.6 Å². The zero-order valence-corrected chi connectivity index (χ0v) is 17.1. The van der Waals surface area contributed by atoms with Crippen LogP contribution in [-0.4, -0.2) is 51.2 Å². The number of aromatic nitrogens is 2. The number of carbonyl (C=O) groups is 2. The molecular formula is C24H26N4O2. The lowest BCUT2D eigenvalue weighted by Crippen LogP contribution is -2.39. The van der Waals surface area contributed by atoms with E-state index in [1.165, 1.54) is 0 Å². The fourth-order valence-corrected chi connectivity index (χ4v) is 5.26. The first-order valence-corrected chi connectivity index (χ1v) is 10.7. The molecule has 0 N–H and O–H groups in total. The first-order valence-electron chi connectivity index (χ1n) is 10.7. The van der Waals surface area contributed by atoms with Crippen molar-refractivity contribution in [3.05, 3.63) is 71.8 Å². The third-order valence-corrected chi connectivity index (χ3v) is 6.76. The van der Waals surface area contributed by atoms with Gasteiger partial charge in [0, 0.05) is 49.8 Å². The van der Waals surface area contributed by atoms with Crippen molar-refractivity contribution in [1.82, 2.24) is 19.8 Å². The molecule has 2 fully saturated rings. The van der Waals surface area contributed by atoms with Crippen molar-refractivity contribution in [2.24, 2.45) is 17.8 Å². The van der Waals surface area contributed by atoms with E-state index < -0.39 is 0 Å². The molecule has 30 heavy (non-hydrogen) atoms. The highest BCUT2D eigenvalue weighted by Crippen LogP contribution is 2.46. The quantitative estimate of drug-likeness (QED) is 0.741. The van der Waals surface area contributed by atoms with Crippen LogP contribution >= 0.6 is 0 Å². The van der Waals surface area contributed by atoms with Crippen LogP contribution in [0.4, 0.5) is 0 Å². The zero-order valence-electron chi connectivity index (χ0n) is 17.1. The molecule has 2 aliphatic heterocycles. The Labute approximate surface area is 176 Å². The molecule has 154 valence electrons. The van der Waals surface area contributed by atoms with Crippen molar-refractivity contribution in [3.63, 3.8) is 0 Å². The Hall–Kier alpha value is -3.02. The predicted octanol–water partition coefficient (Wildman–Crippen LogP) is 3.02. The second kappa shape index (κ2) is 7.67. The largest absolute Gasteiger partial charge is 0.342 e. The zero-order chi connectivity index (χ0) is 20.7. The van der Waals surface area contributed by atoms with Crippen LogP contribution in [0.25, 0.3) is 0 Å². The summed E-state index contributed by atoms with van der Waals surface area (Å²) < 4.78 is 0. The smallest absolute Gasteiger partial charge is 0.257 e. The van der Waals surface area contributed by atoms with Crippen LogP contribution < -0.4 is 0 Å². The molecule has 1 aromatic carbocycles. The van der Waals surface area contributed by atoms with Crippen LogP contribution in [0.3, 0.4) is 0 Å². The molecule has 5 rings (SSSR count). The molecule has 3 atom stereocenters. The topological polar surface area (TPSA) is 66.4 Å². The molecule has 0 bridgehead atoms. The minimum atomic E-state index is -0.0375. The van der Waals surface area contributed by atoms with Gasteiger partial charge in [-0.1, -0.05) is 42.5 Å². The number of nitrogens with zero attached hydrogens (tertiary/aromatic N) is 4. The minimum absolute atomic E-state index is 0.0314. The molecule has 6 nitrogen and oxygen atoms in total. The van der Waals surface area contributed by atoms with Gasteiger partial charge in [0.2, 0.25) is 5.91 Å². The molecular weight excluding hydrogens is 376 g/mol. The number of likely N-dealkylation sites (tertiary alicyclic amines) is 2. The van der Waals surface area contributed by atoms with E-state index in [0.717, 1.165) is 24.9 Å². The molecule has 3 aliphatic rings. The van der Waals surface area contributed by atoms with Gasteiger partial charge in [0.1, 0.15) is 5.82 Å². The van der Waals surface area contributed by atoms with E-state index in [0.29, 0.717) is 30.4 Å². The normalized spacial score (nSPS) is 25.7. The van der Waals surface area contributed by atoms with E-state index in [1.807, 2.05) is 34.9 Å². The van der Waals surface area contributed by atoms with E-state index >= 15 is 0 Å². The Morgan fingerprint density at radius 1 is 0.967 bits per heavy atom. The number of hydrogen-bond acceptors (Lipinski definition) is 4. The number of allylic oxidation sites excluding steroid dienone is 2. The molecule has 0 spiro atoms. The summed E-state index contributed by atoms with van der Waals surface area (Å²) in [4.78, 5) is 38.8. The standard InChI is InChI=1S/C24H26N4O2/c1-16-25-11-19(12-26-16)24(30)28-14-20-13-27(23(29)18-9-5-6-10-18)15-21(20)22(28)17-7-3-2-4-8-17/h2-8,11-12,18,20-22H,9-10,13-15H2,1H3/t20-,21-,22+/m0/s1. The first kappa shape index (κ1) is 19.0. The monoisotopic (exact) mass is 402 g/mol. The number of amides is 2.